The molecular weight excluding hydrogens is 273 g/mol. The highest BCUT2D eigenvalue weighted by atomic mass is 19.4. The van der Waals surface area contributed by atoms with Crippen LogP contribution in [0.4, 0.5) is 13.2 Å². The lowest BCUT2D eigenvalue weighted by molar-refractivity contribution is -0.174. The molecule has 1 aromatic carbocycles. The van der Waals surface area contributed by atoms with Crippen LogP contribution in [0.5, 0.6) is 0 Å². The number of halogens is 3. The third kappa shape index (κ3) is 7.10. The van der Waals surface area contributed by atoms with Crippen LogP contribution in [0.15, 0.2) is 30.3 Å². The molecule has 1 aromatic rings. The lowest BCUT2D eigenvalue weighted by atomic mass is 10.1. The van der Waals surface area contributed by atoms with E-state index in [9.17, 15) is 18.0 Å². The van der Waals surface area contributed by atoms with E-state index in [0.717, 1.165) is 5.56 Å². The van der Waals surface area contributed by atoms with E-state index in [0.29, 0.717) is 0 Å². The summed E-state index contributed by atoms with van der Waals surface area (Å²) in [6, 6.07) is 8.85. The monoisotopic (exact) mass is 290 g/mol. The van der Waals surface area contributed by atoms with E-state index < -0.39 is 18.7 Å². The molecule has 1 unspecified atom stereocenters. The fourth-order valence-electron chi connectivity index (χ4n) is 1.48. The second-order valence-electron chi connectivity index (χ2n) is 4.24. The fourth-order valence-corrected chi connectivity index (χ4v) is 1.48. The highest BCUT2D eigenvalue weighted by molar-refractivity contribution is 5.76. The molecule has 112 valence electrons. The Labute approximate surface area is 115 Å². The molecule has 0 aromatic heterocycles. The Bertz CT molecular complexity index is 410. The largest absolute Gasteiger partial charge is 0.411 e. The summed E-state index contributed by atoms with van der Waals surface area (Å²) < 4.78 is 39.7. The third-order valence-electron chi connectivity index (χ3n) is 2.49. The van der Waals surface area contributed by atoms with Crippen molar-refractivity contribution in [1.29, 1.82) is 0 Å². The quantitative estimate of drug-likeness (QED) is 0.752. The summed E-state index contributed by atoms with van der Waals surface area (Å²) in [7, 11) is 0. The van der Waals surface area contributed by atoms with E-state index in [-0.39, 0.29) is 25.6 Å². The van der Waals surface area contributed by atoms with Gasteiger partial charge in [0.25, 0.3) is 0 Å². The first kappa shape index (κ1) is 16.5. The lowest BCUT2D eigenvalue weighted by Gasteiger charge is -2.13. The molecule has 0 aliphatic rings. The SMILES string of the molecule is NC(CNC(=O)CCOCC(F)(F)F)c1ccccc1. The van der Waals surface area contributed by atoms with Crippen LogP contribution >= 0.6 is 0 Å². The fraction of sp³-hybridized carbons (Fsp3) is 0.462. The van der Waals surface area contributed by atoms with Crippen molar-refractivity contribution in [3.8, 4) is 0 Å². The molecule has 20 heavy (non-hydrogen) atoms. The van der Waals surface area contributed by atoms with Crippen molar-refractivity contribution < 1.29 is 22.7 Å². The van der Waals surface area contributed by atoms with E-state index >= 15 is 0 Å². The molecule has 1 rings (SSSR count). The number of ether oxygens (including phenoxy) is 1. The molecule has 0 aliphatic carbocycles. The zero-order valence-electron chi connectivity index (χ0n) is 10.8. The van der Waals surface area contributed by atoms with Crippen LogP contribution in [0.25, 0.3) is 0 Å². The van der Waals surface area contributed by atoms with Gasteiger partial charge in [0.2, 0.25) is 5.91 Å². The van der Waals surface area contributed by atoms with Gasteiger partial charge in [-0.25, -0.2) is 0 Å². The van der Waals surface area contributed by atoms with Crippen LogP contribution in [0.1, 0.15) is 18.0 Å². The van der Waals surface area contributed by atoms with Crippen LogP contribution in [0.3, 0.4) is 0 Å². The van der Waals surface area contributed by atoms with Gasteiger partial charge in [0.15, 0.2) is 0 Å². The van der Waals surface area contributed by atoms with Crippen LogP contribution in [-0.4, -0.2) is 31.8 Å². The molecule has 1 amide bonds. The number of carbonyl (C=O) groups is 1. The predicted octanol–water partition coefficient (Wildman–Crippen LogP) is 1.77. The van der Waals surface area contributed by atoms with Gasteiger partial charge >= 0.3 is 6.18 Å². The molecule has 0 heterocycles. The van der Waals surface area contributed by atoms with E-state index in [4.69, 9.17) is 5.73 Å². The maximum Gasteiger partial charge on any atom is 0.411 e. The summed E-state index contributed by atoms with van der Waals surface area (Å²) in [5.74, 6) is -0.390. The average molecular weight is 290 g/mol. The summed E-state index contributed by atoms with van der Waals surface area (Å²) in [4.78, 5) is 11.4. The van der Waals surface area contributed by atoms with Crippen molar-refractivity contribution in [2.45, 2.75) is 18.6 Å². The van der Waals surface area contributed by atoms with Gasteiger partial charge in [0.1, 0.15) is 6.61 Å². The van der Waals surface area contributed by atoms with Crippen LogP contribution in [0.2, 0.25) is 0 Å². The first-order valence-corrected chi connectivity index (χ1v) is 6.10. The molecule has 0 bridgehead atoms. The second-order valence-corrected chi connectivity index (χ2v) is 4.24. The minimum Gasteiger partial charge on any atom is -0.372 e. The van der Waals surface area contributed by atoms with Gasteiger partial charge in [-0.2, -0.15) is 13.2 Å². The van der Waals surface area contributed by atoms with Gasteiger partial charge in [-0.3, -0.25) is 4.79 Å². The Morgan fingerprint density at radius 2 is 1.95 bits per heavy atom. The predicted molar refractivity (Wildman–Crippen MR) is 67.9 cm³/mol. The number of nitrogens with two attached hydrogens (primary N) is 1. The number of carbonyl (C=O) groups excluding carboxylic acids is 1. The summed E-state index contributed by atoms with van der Waals surface area (Å²) in [5, 5.41) is 2.55. The molecule has 1 atom stereocenters. The van der Waals surface area contributed by atoms with Crippen LogP contribution < -0.4 is 11.1 Å². The van der Waals surface area contributed by atoms with E-state index in [1.807, 2.05) is 30.3 Å². The Balaban J connectivity index is 2.17. The summed E-state index contributed by atoms with van der Waals surface area (Å²) in [5.41, 5.74) is 6.74. The Morgan fingerprint density at radius 1 is 1.30 bits per heavy atom. The van der Waals surface area contributed by atoms with Crippen molar-refractivity contribution in [1.82, 2.24) is 5.32 Å². The molecule has 0 saturated carbocycles. The molecule has 3 N–H and O–H groups in total. The number of rotatable bonds is 7. The topological polar surface area (TPSA) is 64.3 Å². The van der Waals surface area contributed by atoms with Crippen molar-refractivity contribution in [2.24, 2.45) is 5.73 Å². The molecule has 4 nitrogen and oxygen atoms in total. The van der Waals surface area contributed by atoms with E-state index in [1.54, 1.807) is 0 Å². The number of hydrogen-bond acceptors (Lipinski definition) is 3. The van der Waals surface area contributed by atoms with Gasteiger partial charge in [0, 0.05) is 19.0 Å². The zero-order chi connectivity index (χ0) is 15.0. The molecule has 0 fully saturated rings. The van der Waals surface area contributed by atoms with E-state index in [1.165, 1.54) is 0 Å². The Hall–Kier alpha value is -1.60. The van der Waals surface area contributed by atoms with Crippen molar-refractivity contribution in [3.05, 3.63) is 35.9 Å². The zero-order valence-corrected chi connectivity index (χ0v) is 10.8. The summed E-state index contributed by atoms with van der Waals surface area (Å²) >= 11 is 0. The molecule has 0 spiro atoms. The van der Waals surface area contributed by atoms with Crippen molar-refractivity contribution >= 4 is 5.91 Å². The number of benzene rings is 1. The number of nitrogens with one attached hydrogen (secondary N) is 1. The summed E-state index contributed by atoms with van der Waals surface area (Å²) in [6.07, 6.45) is -4.50. The minimum absolute atomic E-state index is 0.127. The molecular formula is C13H17F3N2O2. The first-order valence-electron chi connectivity index (χ1n) is 6.10. The highest BCUT2D eigenvalue weighted by Crippen LogP contribution is 2.14. The van der Waals surface area contributed by atoms with Gasteiger partial charge in [-0.05, 0) is 5.56 Å². The Kier molecular flexibility index (Phi) is 6.47. The Morgan fingerprint density at radius 3 is 2.55 bits per heavy atom. The number of amides is 1. The van der Waals surface area contributed by atoms with Crippen molar-refractivity contribution in [3.63, 3.8) is 0 Å². The highest BCUT2D eigenvalue weighted by Gasteiger charge is 2.27. The van der Waals surface area contributed by atoms with Crippen LogP contribution in [0, 0.1) is 0 Å². The van der Waals surface area contributed by atoms with Gasteiger partial charge in [0.05, 0.1) is 6.61 Å². The van der Waals surface area contributed by atoms with Crippen LogP contribution in [-0.2, 0) is 9.53 Å². The van der Waals surface area contributed by atoms with Gasteiger partial charge < -0.3 is 15.8 Å². The first-order chi connectivity index (χ1) is 9.38. The summed E-state index contributed by atoms with van der Waals surface area (Å²) in [6.45, 7) is -1.39. The maximum atomic E-state index is 11.8. The average Bonchev–Trinajstić information content (AvgIpc) is 2.41. The third-order valence-corrected chi connectivity index (χ3v) is 2.49. The minimum atomic E-state index is -4.37. The molecule has 0 saturated heterocycles. The van der Waals surface area contributed by atoms with E-state index in [2.05, 4.69) is 10.1 Å². The molecule has 7 heteroatoms. The molecule has 0 radical (unpaired) electrons. The van der Waals surface area contributed by atoms with Crippen molar-refractivity contribution in [2.75, 3.05) is 19.8 Å². The lowest BCUT2D eigenvalue weighted by Crippen LogP contribution is -2.32. The van der Waals surface area contributed by atoms with Gasteiger partial charge in [-0.1, -0.05) is 30.3 Å². The maximum absolute atomic E-state index is 11.8. The normalized spacial score (nSPS) is 13.0. The molecule has 0 aliphatic heterocycles. The standard InChI is InChI=1S/C13H17F3N2O2/c14-13(15,16)9-20-7-6-12(19)18-8-11(17)10-4-2-1-3-5-10/h1-5,11H,6-9,17H2,(H,18,19). The number of hydrogen-bond donors (Lipinski definition) is 2. The second kappa shape index (κ2) is 7.86. The smallest absolute Gasteiger partial charge is 0.372 e. The number of alkyl halides is 3. The van der Waals surface area contributed by atoms with Gasteiger partial charge in [-0.15, -0.1) is 0 Å².